The second-order valence-corrected chi connectivity index (χ2v) is 3.59. The average Bonchev–Trinajstić information content (AvgIpc) is 2.23. The molecule has 0 bridgehead atoms. The van der Waals surface area contributed by atoms with Crippen molar-refractivity contribution in [2.45, 2.75) is 12.7 Å². The van der Waals surface area contributed by atoms with Gasteiger partial charge in [0.05, 0.1) is 0 Å². The molecule has 0 aromatic heterocycles. The molecule has 0 heterocycles. The lowest BCUT2D eigenvalue weighted by Crippen LogP contribution is -2.19. The van der Waals surface area contributed by atoms with Gasteiger partial charge in [-0.15, -0.1) is 0 Å². The van der Waals surface area contributed by atoms with Crippen molar-refractivity contribution in [3.63, 3.8) is 0 Å². The summed E-state index contributed by atoms with van der Waals surface area (Å²) in [4.78, 5) is 0. The summed E-state index contributed by atoms with van der Waals surface area (Å²) in [5, 5.41) is 0.404. The van der Waals surface area contributed by atoms with E-state index in [2.05, 4.69) is 4.74 Å². The average molecular weight is 270 g/mol. The van der Waals surface area contributed by atoms with Crippen molar-refractivity contribution in [3.8, 4) is 5.75 Å². The molecule has 0 unspecified atom stereocenters. The molecule has 1 aromatic carbocycles. The Morgan fingerprint density at radius 3 is 2.53 bits per heavy atom. The number of benzene rings is 1. The summed E-state index contributed by atoms with van der Waals surface area (Å²) in [5.41, 5.74) is 6.13. The lowest BCUT2D eigenvalue weighted by molar-refractivity contribution is -0.186. The minimum Gasteiger partial charge on any atom is -0.467 e. The van der Waals surface area contributed by atoms with Crippen LogP contribution < -0.4 is 10.5 Å². The minimum atomic E-state index is -4.36. The quantitative estimate of drug-likeness (QED) is 0.660. The summed E-state index contributed by atoms with van der Waals surface area (Å²) in [6.45, 7) is -1.55. The summed E-state index contributed by atoms with van der Waals surface area (Å²) >= 11 is 5.83. The van der Waals surface area contributed by atoms with Gasteiger partial charge in [-0.3, -0.25) is 0 Å². The van der Waals surface area contributed by atoms with Crippen LogP contribution in [0.15, 0.2) is 18.2 Å². The summed E-state index contributed by atoms with van der Waals surface area (Å²) in [7, 11) is 0. The lowest BCUT2D eigenvalue weighted by atomic mass is 10.2. The van der Waals surface area contributed by atoms with Gasteiger partial charge in [-0.1, -0.05) is 17.7 Å². The summed E-state index contributed by atoms with van der Waals surface area (Å²) in [5.74, 6) is 0.328. The fourth-order valence-electron chi connectivity index (χ4n) is 1.05. The van der Waals surface area contributed by atoms with E-state index in [1.54, 1.807) is 12.1 Å². The van der Waals surface area contributed by atoms with Gasteiger partial charge in [0.15, 0.2) is 6.79 Å². The maximum atomic E-state index is 11.7. The molecule has 0 aliphatic heterocycles. The van der Waals surface area contributed by atoms with E-state index in [1.807, 2.05) is 0 Å². The number of nitrogens with two attached hydrogens (primary N) is 1. The van der Waals surface area contributed by atoms with E-state index in [9.17, 15) is 13.2 Å². The number of rotatable bonds is 5. The van der Waals surface area contributed by atoms with E-state index >= 15 is 0 Å². The first-order chi connectivity index (χ1) is 7.92. The third-order valence-electron chi connectivity index (χ3n) is 1.82. The molecule has 17 heavy (non-hydrogen) atoms. The maximum absolute atomic E-state index is 11.7. The van der Waals surface area contributed by atoms with Gasteiger partial charge in [0.2, 0.25) is 0 Å². The normalized spacial score (nSPS) is 11.6. The Morgan fingerprint density at radius 2 is 2.00 bits per heavy atom. The van der Waals surface area contributed by atoms with Crippen LogP contribution in [0.2, 0.25) is 5.02 Å². The molecule has 0 saturated carbocycles. The SMILES string of the molecule is NCc1ccc(OCOCC(F)(F)F)cc1Cl. The minimum absolute atomic E-state index is 0.281. The van der Waals surface area contributed by atoms with Crippen LogP contribution in [-0.2, 0) is 11.3 Å². The van der Waals surface area contributed by atoms with E-state index < -0.39 is 19.6 Å². The first-order valence-electron chi connectivity index (χ1n) is 4.68. The molecule has 0 fully saturated rings. The Labute approximate surface area is 101 Å². The van der Waals surface area contributed by atoms with E-state index in [0.717, 1.165) is 5.56 Å². The van der Waals surface area contributed by atoms with Crippen molar-refractivity contribution < 1.29 is 22.6 Å². The maximum Gasteiger partial charge on any atom is 0.411 e. The molecule has 0 spiro atoms. The molecule has 0 atom stereocenters. The molecule has 3 nitrogen and oxygen atoms in total. The van der Waals surface area contributed by atoms with Crippen LogP contribution in [-0.4, -0.2) is 19.6 Å². The Bertz CT molecular complexity index is 371. The molecule has 1 aromatic rings. The van der Waals surface area contributed by atoms with Gasteiger partial charge in [-0.25, -0.2) is 0 Å². The molecular formula is C10H11ClF3NO2. The molecule has 0 radical (unpaired) electrons. The fraction of sp³-hybridized carbons (Fsp3) is 0.400. The van der Waals surface area contributed by atoms with Crippen LogP contribution in [0.25, 0.3) is 0 Å². The fourth-order valence-corrected chi connectivity index (χ4v) is 1.30. The number of ether oxygens (including phenoxy) is 2. The van der Waals surface area contributed by atoms with Crippen LogP contribution in [0.3, 0.4) is 0 Å². The smallest absolute Gasteiger partial charge is 0.411 e. The highest BCUT2D eigenvalue weighted by atomic mass is 35.5. The number of hydrogen-bond donors (Lipinski definition) is 1. The summed E-state index contributed by atoms with van der Waals surface area (Å²) in [6.07, 6.45) is -4.36. The molecule has 1 rings (SSSR count). The zero-order chi connectivity index (χ0) is 12.9. The molecule has 0 amide bonds. The highest BCUT2D eigenvalue weighted by Crippen LogP contribution is 2.22. The molecule has 96 valence electrons. The van der Waals surface area contributed by atoms with Gasteiger partial charge < -0.3 is 15.2 Å². The zero-order valence-electron chi connectivity index (χ0n) is 8.76. The molecule has 2 N–H and O–H groups in total. The highest BCUT2D eigenvalue weighted by molar-refractivity contribution is 6.31. The lowest BCUT2D eigenvalue weighted by Gasteiger charge is -2.10. The Hall–Kier alpha value is -0.980. The second kappa shape index (κ2) is 6.09. The standard InChI is InChI=1S/C10H11ClF3NO2/c11-9-3-8(2-1-7(9)4-15)17-6-16-5-10(12,13)14/h1-3H,4-6,15H2. The van der Waals surface area contributed by atoms with Crippen molar-refractivity contribution in [2.24, 2.45) is 5.73 Å². The second-order valence-electron chi connectivity index (χ2n) is 3.18. The molecular weight excluding hydrogens is 259 g/mol. The van der Waals surface area contributed by atoms with Gasteiger partial charge in [0.1, 0.15) is 12.4 Å². The zero-order valence-corrected chi connectivity index (χ0v) is 9.52. The van der Waals surface area contributed by atoms with Gasteiger partial charge in [0.25, 0.3) is 0 Å². The van der Waals surface area contributed by atoms with Crippen molar-refractivity contribution in [1.29, 1.82) is 0 Å². The van der Waals surface area contributed by atoms with E-state index in [-0.39, 0.29) is 6.54 Å². The third kappa shape index (κ3) is 5.25. The van der Waals surface area contributed by atoms with E-state index in [4.69, 9.17) is 22.1 Å². The highest BCUT2D eigenvalue weighted by Gasteiger charge is 2.27. The van der Waals surface area contributed by atoms with E-state index in [1.165, 1.54) is 6.07 Å². The Kier molecular flexibility index (Phi) is 5.04. The Balaban J connectivity index is 2.40. The molecule has 7 heteroatoms. The Morgan fingerprint density at radius 1 is 1.29 bits per heavy atom. The largest absolute Gasteiger partial charge is 0.467 e. The van der Waals surface area contributed by atoms with E-state index in [0.29, 0.717) is 10.8 Å². The molecule has 0 saturated heterocycles. The summed E-state index contributed by atoms with van der Waals surface area (Å²) in [6, 6.07) is 4.67. The first-order valence-corrected chi connectivity index (χ1v) is 5.06. The predicted octanol–water partition coefficient (Wildman–Crippen LogP) is 2.71. The monoisotopic (exact) mass is 269 g/mol. The van der Waals surface area contributed by atoms with Crippen molar-refractivity contribution >= 4 is 11.6 Å². The number of halogens is 4. The number of alkyl halides is 3. The molecule has 0 aliphatic carbocycles. The van der Waals surface area contributed by atoms with Crippen LogP contribution in [0.5, 0.6) is 5.75 Å². The van der Waals surface area contributed by atoms with Crippen LogP contribution in [0.1, 0.15) is 5.56 Å². The van der Waals surface area contributed by atoms with Gasteiger partial charge in [-0.05, 0) is 17.7 Å². The summed E-state index contributed by atoms with van der Waals surface area (Å²) < 4.78 is 44.4. The van der Waals surface area contributed by atoms with Crippen molar-refractivity contribution in [1.82, 2.24) is 0 Å². The number of hydrogen-bond acceptors (Lipinski definition) is 3. The van der Waals surface area contributed by atoms with Crippen LogP contribution >= 0.6 is 11.6 Å². The topological polar surface area (TPSA) is 44.5 Å². The first kappa shape index (κ1) is 14.1. The van der Waals surface area contributed by atoms with Crippen molar-refractivity contribution in [2.75, 3.05) is 13.4 Å². The van der Waals surface area contributed by atoms with Crippen LogP contribution in [0, 0.1) is 0 Å². The van der Waals surface area contributed by atoms with Gasteiger partial charge >= 0.3 is 6.18 Å². The van der Waals surface area contributed by atoms with Gasteiger partial charge in [0, 0.05) is 11.6 Å². The molecule has 0 aliphatic rings. The van der Waals surface area contributed by atoms with Crippen molar-refractivity contribution in [3.05, 3.63) is 28.8 Å². The predicted molar refractivity (Wildman–Crippen MR) is 56.8 cm³/mol. The van der Waals surface area contributed by atoms with Gasteiger partial charge in [-0.2, -0.15) is 13.2 Å². The van der Waals surface area contributed by atoms with Crippen LogP contribution in [0.4, 0.5) is 13.2 Å². The third-order valence-corrected chi connectivity index (χ3v) is 2.17.